The van der Waals surface area contributed by atoms with Crippen LogP contribution in [0.1, 0.15) is 53.4 Å². The van der Waals surface area contributed by atoms with Gasteiger partial charge >= 0.3 is 5.97 Å². The van der Waals surface area contributed by atoms with Gasteiger partial charge in [-0.2, -0.15) is 0 Å². The highest BCUT2D eigenvalue weighted by Crippen LogP contribution is 2.20. The minimum atomic E-state index is -1.38. The molecular formula is C18H24N4O5. The topological polar surface area (TPSA) is 121 Å². The van der Waals surface area contributed by atoms with Gasteiger partial charge < -0.3 is 25.2 Å². The summed E-state index contributed by atoms with van der Waals surface area (Å²) in [5, 5.41) is 15.3. The van der Waals surface area contributed by atoms with Gasteiger partial charge in [0, 0.05) is 44.1 Å². The average molecular weight is 376 g/mol. The Morgan fingerprint density at radius 3 is 2.48 bits per heavy atom. The van der Waals surface area contributed by atoms with Gasteiger partial charge in [-0.15, -0.1) is 0 Å². The van der Waals surface area contributed by atoms with E-state index in [-0.39, 0.29) is 30.1 Å². The van der Waals surface area contributed by atoms with E-state index in [1.54, 1.807) is 0 Å². The van der Waals surface area contributed by atoms with Crippen molar-refractivity contribution in [3.05, 3.63) is 33.7 Å². The zero-order valence-electron chi connectivity index (χ0n) is 15.4. The predicted octanol–water partition coefficient (Wildman–Crippen LogP) is -0.180. The molecule has 1 aliphatic carbocycles. The van der Waals surface area contributed by atoms with Crippen molar-refractivity contribution < 1.29 is 19.5 Å². The molecule has 0 aromatic carbocycles. The molecule has 3 rings (SSSR count). The largest absolute Gasteiger partial charge is 0.477 e. The second-order valence-electron chi connectivity index (χ2n) is 7.26. The Hall–Kier alpha value is -2.68. The third kappa shape index (κ3) is 4.02. The van der Waals surface area contributed by atoms with Crippen LogP contribution in [0.25, 0.3) is 0 Å². The number of aromatic nitrogens is 1. The monoisotopic (exact) mass is 376 g/mol. The van der Waals surface area contributed by atoms with Crippen LogP contribution in [0.15, 0.2) is 17.2 Å². The van der Waals surface area contributed by atoms with E-state index in [1.165, 1.54) is 21.9 Å². The van der Waals surface area contributed by atoms with Crippen molar-refractivity contribution in [3.63, 3.8) is 0 Å². The summed E-state index contributed by atoms with van der Waals surface area (Å²) in [4.78, 5) is 51.0. The Bertz CT molecular complexity index is 828. The molecule has 0 unspecified atom stereocenters. The van der Waals surface area contributed by atoms with Gasteiger partial charge in [-0.25, -0.2) is 4.79 Å². The molecule has 3 N–H and O–H groups in total. The van der Waals surface area contributed by atoms with Crippen LogP contribution < -0.4 is 16.1 Å². The second kappa shape index (κ2) is 7.51. The fourth-order valence-electron chi connectivity index (χ4n) is 3.06. The number of carboxylic acid groups (broad SMARTS) is 1. The molecule has 9 heteroatoms. The Kier molecular flexibility index (Phi) is 5.31. The zero-order valence-corrected chi connectivity index (χ0v) is 15.4. The van der Waals surface area contributed by atoms with Crippen LogP contribution in [0.4, 0.5) is 0 Å². The summed E-state index contributed by atoms with van der Waals surface area (Å²) in [5.41, 5.74) is -1.51. The van der Waals surface area contributed by atoms with E-state index < -0.39 is 28.9 Å². The maximum atomic E-state index is 13.1. The Morgan fingerprint density at radius 2 is 1.89 bits per heavy atom. The molecule has 0 bridgehead atoms. The molecule has 1 aromatic rings. The SMILES string of the molecule is CC(C)n1cc(C(=O)O)c(=O)c(C(=O)N2CCNC[C@H]2C(=O)NC2CC2)c1. The third-order valence-corrected chi connectivity index (χ3v) is 4.83. The Morgan fingerprint density at radius 1 is 1.22 bits per heavy atom. The molecule has 1 saturated heterocycles. The first-order valence-corrected chi connectivity index (χ1v) is 9.10. The first-order valence-electron chi connectivity index (χ1n) is 9.10. The highest BCUT2D eigenvalue weighted by atomic mass is 16.4. The molecular weight excluding hydrogens is 352 g/mol. The zero-order chi connectivity index (χ0) is 19.7. The lowest BCUT2D eigenvalue weighted by molar-refractivity contribution is -0.126. The van der Waals surface area contributed by atoms with Crippen molar-refractivity contribution in [1.82, 2.24) is 20.1 Å². The summed E-state index contributed by atoms with van der Waals surface area (Å²) in [5.74, 6) is -2.25. The van der Waals surface area contributed by atoms with E-state index in [0.717, 1.165) is 12.8 Å². The van der Waals surface area contributed by atoms with Gasteiger partial charge in [0.15, 0.2) is 0 Å². The van der Waals surface area contributed by atoms with Crippen LogP contribution in [0.3, 0.4) is 0 Å². The molecule has 0 radical (unpaired) electrons. The summed E-state index contributed by atoms with van der Waals surface area (Å²) in [6.07, 6.45) is 4.47. The maximum Gasteiger partial charge on any atom is 0.341 e. The Labute approximate surface area is 156 Å². The predicted molar refractivity (Wildman–Crippen MR) is 96.9 cm³/mol. The average Bonchev–Trinajstić information content (AvgIpc) is 3.44. The van der Waals surface area contributed by atoms with E-state index in [9.17, 15) is 24.3 Å². The van der Waals surface area contributed by atoms with Crippen LogP contribution in [-0.4, -0.2) is 64.1 Å². The quantitative estimate of drug-likeness (QED) is 0.656. The fraction of sp³-hybridized carbons (Fsp3) is 0.556. The molecule has 2 fully saturated rings. The number of carboxylic acids is 1. The first-order chi connectivity index (χ1) is 12.8. The van der Waals surface area contributed by atoms with E-state index in [1.807, 2.05) is 13.8 Å². The minimum absolute atomic E-state index is 0.132. The number of carbonyl (C=O) groups is 3. The van der Waals surface area contributed by atoms with Gasteiger partial charge in [0.25, 0.3) is 5.91 Å². The molecule has 2 amide bonds. The van der Waals surface area contributed by atoms with Gasteiger partial charge in [-0.05, 0) is 26.7 Å². The van der Waals surface area contributed by atoms with Gasteiger partial charge in [-0.1, -0.05) is 0 Å². The number of hydrogen-bond acceptors (Lipinski definition) is 5. The van der Waals surface area contributed by atoms with Crippen LogP contribution in [0, 0.1) is 0 Å². The highest BCUT2D eigenvalue weighted by Gasteiger charge is 2.36. The van der Waals surface area contributed by atoms with E-state index >= 15 is 0 Å². The van der Waals surface area contributed by atoms with Gasteiger partial charge in [0.05, 0.1) is 0 Å². The first kappa shape index (κ1) is 19.1. The number of rotatable bonds is 5. The van der Waals surface area contributed by atoms with Gasteiger partial charge in [0.2, 0.25) is 11.3 Å². The number of amides is 2. The minimum Gasteiger partial charge on any atom is -0.477 e. The molecule has 146 valence electrons. The molecule has 9 nitrogen and oxygen atoms in total. The lowest BCUT2D eigenvalue weighted by Gasteiger charge is -2.35. The molecule has 2 aliphatic rings. The molecule has 0 spiro atoms. The summed E-state index contributed by atoms with van der Waals surface area (Å²) in [6, 6.07) is -0.704. The van der Waals surface area contributed by atoms with Crippen molar-refractivity contribution in [2.24, 2.45) is 0 Å². The van der Waals surface area contributed by atoms with E-state index in [4.69, 9.17) is 0 Å². The van der Waals surface area contributed by atoms with E-state index in [2.05, 4.69) is 10.6 Å². The number of pyridine rings is 1. The van der Waals surface area contributed by atoms with Crippen LogP contribution in [0.2, 0.25) is 0 Å². The number of carbonyl (C=O) groups excluding carboxylic acids is 2. The molecule has 1 atom stereocenters. The highest BCUT2D eigenvalue weighted by molar-refractivity contribution is 5.99. The normalized spacial score (nSPS) is 19.8. The molecule has 2 heterocycles. The number of piperazine rings is 1. The molecule has 27 heavy (non-hydrogen) atoms. The van der Waals surface area contributed by atoms with Crippen molar-refractivity contribution in [1.29, 1.82) is 0 Å². The lowest BCUT2D eigenvalue weighted by atomic mass is 10.1. The molecule has 1 saturated carbocycles. The third-order valence-electron chi connectivity index (χ3n) is 4.83. The number of aromatic carboxylic acids is 1. The van der Waals surface area contributed by atoms with Crippen LogP contribution in [0.5, 0.6) is 0 Å². The molecule has 1 aliphatic heterocycles. The van der Waals surface area contributed by atoms with Crippen molar-refractivity contribution in [2.75, 3.05) is 19.6 Å². The van der Waals surface area contributed by atoms with Crippen molar-refractivity contribution in [3.8, 4) is 0 Å². The fourth-order valence-corrected chi connectivity index (χ4v) is 3.06. The number of hydrogen-bond donors (Lipinski definition) is 3. The van der Waals surface area contributed by atoms with Crippen molar-refractivity contribution >= 4 is 17.8 Å². The maximum absolute atomic E-state index is 13.1. The lowest BCUT2D eigenvalue weighted by Crippen LogP contribution is -2.60. The summed E-state index contributed by atoms with van der Waals surface area (Å²) in [7, 11) is 0. The smallest absolute Gasteiger partial charge is 0.341 e. The number of nitrogens with one attached hydrogen (secondary N) is 2. The van der Waals surface area contributed by atoms with Crippen LogP contribution in [-0.2, 0) is 4.79 Å². The van der Waals surface area contributed by atoms with Gasteiger partial charge in [-0.3, -0.25) is 14.4 Å². The standard InChI is InChI=1S/C18H24N4O5/c1-10(2)21-8-12(15(23)13(9-21)18(26)27)17(25)22-6-5-19-7-14(22)16(24)20-11-3-4-11/h8-11,14,19H,3-7H2,1-2H3,(H,20,24)(H,26,27)/t14-/m0/s1. The summed E-state index contributed by atoms with van der Waals surface area (Å²) < 4.78 is 1.53. The molecule has 1 aromatic heterocycles. The van der Waals surface area contributed by atoms with Crippen LogP contribution >= 0.6 is 0 Å². The van der Waals surface area contributed by atoms with E-state index in [0.29, 0.717) is 13.1 Å². The van der Waals surface area contributed by atoms with Gasteiger partial charge in [0.1, 0.15) is 17.2 Å². The van der Waals surface area contributed by atoms with Crippen molar-refractivity contribution in [2.45, 2.75) is 44.8 Å². The Balaban J connectivity index is 1.96. The summed E-state index contributed by atoms with van der Waals surface area (Å²) >= 11 is 0. The number of nitrogens with zero attached hydrogens (tertiary/aromatic N) is 2. The summed E-state index contributed by atoms with van der Waals surface area (Å²) in [6.45, 7) is 4.69. The second-order valence-corrected chi connectivity index (χ2v) is 7.26.